The van der Waals surface area contributed by atoms with Gasteiger partial charge >= 0.3 is 5.63 Å². The zero-order chi connectivity index (χ0) is 23.0. The highest BCUT2D eigenvalue weighted by molar-refractivity contribution is 5.86. The summed E-state index contributed by atoms with van der Waals surface area (Å²) < 4.78 is 22.1. The van der Waals surface area contributed by atoms with Gasteiger partial charge in [0.1, 0.15) is 35.7 Å². The Kier molecular flexibility index (Phi) is 6.59. The van der Waals surface area contributed by atoms with E-state index in [2.05, 4.69) is 6.92 Å². The molecule has 4 rings (SSSR count). The van der Waals surface area contributed by atoms with Crippen molar-refractivity contribution in [3.63, 3.8) is 0 Å². The summed E-state index contributed by atoms with van der Waals surface area (Å²) in [5.41, 5.74) is -0.865. The summed E-state index contributed by atoms with van der Waals surface area (Å²) in [7, 11) is 0. The molecule has 1 aromatic carbocycles. The number of fused-ring (bicyclic) bond motifs is 1. The summed E-state index contributed by atoms with van der Waals surface area (Å²) in [5, 5.41) is 49.9. The van der Waals surface area contributed by atoms with E-state index >= 15 is 0 Å². The lowest BCUT2D eigenvalue weighted by molar-refractivity contribution is -0.277. The molecule has 10 nitrogen and oxygen atoms in total. The Morgan fingerprint density at radius 3 is 2.44 bits per heavy atom. The summed E-state index contributed by atoms with van der Waals surface area (Å²) in [4.78, 5) is 12.2. The second-order valence-electron chi connectivity index (χ2n) is 8.54. The van der Waals surface area contributed by atoms with Gasteiger partial charge in [0.05, 0.1) is 18.1 Å². The van der Waals surface area contributed by atoms with E-state index in [1.165, 1.54) is 18.2 Å². The maximum absolute atomic E-state index is 12.2. The maximum Gasteiger partial charge on any atom is 0.382 e. The summed E-state index contributed by atoms with van der Waals surface area (Å²) in [6.45, 7) is 1.59. The lowest BCUT2D eigenvalue weighted by Crippen LogP contribution is -2.60. The van der Waals surface area contributed by atoms with Gasteiger partial charge in [0.25, 0.3) is 0 Å². The smallest absolute Gasteiger partial charge is 0.382 e. The van der Waals surface area contributed by atoms with Gasteiger partial charge in [-0.15, -0.1) is 0 Å². The molecule has 1 saturated carbocycles. The van der Waals surface area contributed by atoms with Crippen molar-refractivity contribution in [2.24, 2.45) is 5.92 Å². The predicted molar refractivity (Wildman–Crippen MR) is 111 cm³/mol. The van der Waals surface area contributed by atoms with Gasteiger partial charge in [0, 0.05) is 6.07 Å². The highest BCUT2D eigenvalue weighted by Gasteiger charge is 2.44. The third kappa shape index (κ3) is 4.41. The van der Waals surface area contributed by atoms with Crippen molar-refractivity contribution in [3.05, 3.63) is 28.6 Å². The largest absolute Gasteiger partial charge is 0.499 e. The van der Waals surface area contributed by atoms with Crippen LogP contribution in [0.3, 0.4) is 0 Å². The molecule has 0 spiro atoms. The number of hydrogen-bond acceptors (Lipinski definition) is 10. The van der Waals surface area contributed by atoms with Crippen LogP contribution in [0.4, 0.5) is 0 Å². The van der Waals surface area contributed by atoms with Crippen LogP contribution in [0.1, 0.15) is 32.6 Å². The average molecular weight is 452 g/mol. The molecule has 176 valence electrons. The Morgan fingerprint density at radius 1 is 1.03 bits per heavy atom. The predicted octanol–water partition coefficient (Wildman–Crippen LogP) is 0.635. The van der Waals surface area contributed by atoms with E-state index in [-0.39, 0.29) is 23.2 Å². The van der Waals surface area contributed by atoms with E-state index in [0.29, 0.717) is 11.3 Å². The van der Waals surface area contributed by atoms with Crippen LogP contribution in [-0.2, 0) is 4.74 Å². The van der Waals surface area contributed by atoms with Gasteiger partial charge in [-0.2, -0.15) is 0 Å². The van der Waals surface area contributed by atoms with Crippen LogP contribution in [0, 0.1) is 5.92 Å². The Labute approximate surface area is 183 Å². The van der Waals surface area contributed by atoms with Crippen molar-refractivity contribution in [1.29, 1.82) is 0 Å². The van der Waals surface area contributed by atoms with Gasteiger partial charge in [-0.05, 0) is 43.7 Å². The van der Waals surface area contributed by atoms with E-state index in [1.54, 1.807) is 0 Å². The third-order valence-electron chi connectivity index (χ3n) is 6.16. The fourth-order valence-electron chi connectivity index (χ4n) is 4.15. The molecule has 2 aromatic rings. The molecule has 0 bridgehead atoms. The molecule has 32 heavy (non-hydrogen) atoms. The van der Waals surface area contributed by atoms with Crippen molar-refractivity contribution < 1.29 is 44.2 Å². The van der Waals surface area contributed by atoms with E-state index in [4.69, 9.17) is 18.6 Å². The minimum absolute atomic E-state index is 0.0511. The van der Waals surface area contributed by atoms with E-state index < -0.39 is 48.7 Å². The summed E-state index contributed by atoms with van der Waals surface area (Å²) >= 11 is 0. The molecule has 1 aliphatic carbocycles. The SMILES string of the molecule is C[C@H]1CC[C@H](Oc2c(O)c(=O)oc3cc(O[C@H]4O[C@H](CO)[C@@H](O)[C@H](O)[C@@H]4O)ccc23)CC1. The lowest BCUT2D eigenvalue weighted by Gasteiger charge is -2.39. The number of aromatic hydroxyl groups is 1. The summed E-state index contributed by atoms with van der Waals surface area (Å²) in [5.74, 6) is 0.199. The molecule has 5 N–H and O–H groups in total. The molecule has 2 heterocycles. The third-order valence-corrected chi connectivity index (χ3v) is 6.16. The molecule has 0 amide bonds. The summed E-state index contributed by atoms with van der Waals surface area (Å²) in [6.07, 6.45) is -3.64. The molecule has 0 unspecified atom stereocenters. The number of ether oxygens (including phenoxy) is 3. The highest BCUT2D eigenvalue weighted by Crippen LogP contribution is 2.37. The second-order valence-corrected chi connectivity index (χ2v) is 8.54. The standard InChI is InChI=1S/C22H28O10/c1-10-2-4-11(5-3-10)29-20-13-7-6-12(8-14(13)31-21(28)19(20)27)30-22-18(26)17(25)16(24)15(9-23)32-22/h6-8,10-11,15-18,22-27H,2-5,9H2,1H3/t10-,11-,15-,16-,17+,18+,22+/m1/s1. The molecule has 1 saturated heterocycles. The number of aliphatic hydroxyl groups is 4. The van der Waals surface area contributed by atoms with Crippen LogP contribution >= 0.6 is 0 Å². The molecule has 0 radical (unpaired) electrons. The van der Waals surface area contributed by atoms with Crippen LogP contribution in [0.15, 0.2) is 27.4 Å². The van der Waals surface area contributed by atoms with Crippen molar-refractivity contribution in [2.75, 3.05) is 6.61 Å². The Morgan fingerprint density at radius 2 is 1.75 bits per heavy atom. The van der Waals surface area contributed by atoms with Crippen molar-refractivity contribution in [3.8, 4) is 17.2 Å². The molecule has 10 heteroatoms. The number of hydrogen-bond donors (Lipinski definition) is 5. The first-order chi connectivity index (χ1) is 15.3. The quantitative estimate of drug-likeness (QED) is 0.407. The fourth-order valence-corrected chi connectivity index (χ4v) is 4.15. The number of rotatable bonds is 5. The lowest BCUT2D eigenvalue weighted by atomic mass is 9.89. The minimum atomic E-state index is -1.58. The zero-order valence-electron chi connectivity index (χ0n) is 17.6. The number of aliphatic hydroxyl groups excluding tert-OH is 4. The maximum atomic E-state index is 12.2. The first-order valence-electron chi connectivity index (χ1n) is 10.7. The first-order valence-corrected chi connectivity index (χ1v) is 10.7. The topological polar surface area (TPSA) is 159 Å². The van der Waals surface area contributed by atoms with Crippen molar-refractivity contribution in [2.45, 2.75) is 69.4 Å². The van der Waals surface area contributed by atoms with Crippen LogP contribution in [0.25, 0.3) is 11.0 Å². The van der Waals surface area contributed by atoms with Crippen LogP contribution in [0.5, 0.6) is 17.2 Å². The highest BCUT2D eigenvalue weighted by atomic mass is 16.7. The van der Waals surface area contributed by atoms with Gasteiger partial charge in [0.2, 0.25) is 12.0 Å². The molecule has 1 aliphatic heterocycles. The van der Waals surface area contributed by atoms with Gasteiger partial charge in [-0.1, -0.05) is 6.92 Å². The normalized spacial score (nSPS) is 33.2. The molecule has 2 fully saturated rings. The number of benzene rings is 1. The Bertz CT molecular complexity index is 994. The Hall–Kier alpha value is -2.37. The minimum Gasteiger partial charge on any atom is -0.499 e. The van der Waals surface area contributed by atoms with E-state index in [0.717, 1.165) is 25.7 Å². The molecular formula is C22H28O10. The van der Waals surface area contributed by atoms with Gasteiger partial charge in [0.15, 0.2) is 5.75 Å². The van der Waals surface area contributed by atoms with Crippen LogP contribution in [0.2, 0.25) is 0 Å². The summed E-state index contributed by atoms with van der Waals surface area (Å²) in [6, 6.07) is 4.41. The van der Waals surface area contributed by atoms with Crippen LogP contribution in [-0.4, -0.2) is 68.9 Å². The van der Waals surface area contributed by atoms with Gasteiger partial charge in [-0.25, -0.2) is 4.79 Å². The fraction of sp³-hybridized carbons (Fsp3) is 0.591. The monoisotopic (exact) mass is 452 g/mol. The van der Waals surface area contributed by atoms with E-state index in [9.17, 15) is 30.3 Å². The van der Waals surface area contributed by atoms with Crippen molar-refractivity contribution >= 4 is 11.0 Å². The molecule has 2 aliphatic rings. The molecule has 5 atom stereocenters. The van der Waals surface area contributed by atoms with Gasteiger partial charge in [-0.3, -0.25) is 0 Å². The van der Waals surface area contributed by atoms with Crippen LogP contribution < -0.4 is 15.1 Å². The van der Waals surface area contributed by atoms with Crippen molar-refractivity contribution in [1.82, 2.24) is 0 Å². The second kappa shape index (κ2) is 9.24. The first kappa shape index (κ1) is 22.8. The zero-order valence-corrected chi connectivity index (χ0v) is 17.6. The van der Waals surface area contributed by atoms with Gasteiger partial charge < -0.3 is 44.2 Å². The Balaban J connectivity index is 1.59. The molecule has 1 aromatic heterocycles. The van der Waals surface area contributed by atoms with E-state index in [1.807, 2.05) is 0 Å². The average Bonchev–Trinajstić information content (AvgIpc) is 2.78. The molecular weight excluding hydrogens is 424 g/mol.